The average molecular weight is 476 g/mol. The van der Waals surface area contributed by atoms with E-state index in [1.807, 2.05) is 80.6 Å². The van der Waals surface area contributed by atoms with Gasteiger partial charge in [0.2, 0.25) is 0 Å². The number of para-hydroxylation sites is 1. The topological polar surface area (TPSA) is 38.8 Å². The highest BCUT2D eigenvalue weighted by atomic mass is 32.2. The van der Waals surface area contributed by atoms with Crippen molar-refractivity contribution in [1.29, 1.82) is 0 Å². The first-order valence-electron chi connectivity index (χ1n) is 10.7. The van der Waals surface area contributed by atoms with E-state index in [9.17, 15) is 4.79 Å². The number of anilines is 1. The molecule has 0 unspecified atom stereocenters. The number of thiocarbonyl (C=S) groups is 1. The van der Waals surface area contributed by atoms with Gasteiger partial charge in [-0.2, -0.15) is 0 Å². The summed E-state index contributed by atoms with van der Waals surface area (Å²) in [5, 5.41) is 0. The number of carbonyl (C=O) groups excluding carboxylic acids is 1. The summed E-state index contributed by atoms with van der Waals surface area (Å²) in [6, 6.07) is 21.5. The van der Waals surface area contributed by atoms with Crippen molar-refractivity contribution >= 4 is 46.0 Å². The fraction of sp³-hybridized carbons (Fsp3) is 0.185. The zero-order chi connectivity index (χ0) is 23.4. The van der Waals surface area contributed by atoms with Crippen LogP contribution in [0.4, 0.5) is 5.69 Å². The van der Waals surface area contributed by atoms with Gasteiger partial charge in [0.1, 0.15) is 24.7 Å². The van der Waals surface area contributed by atoms with E-state index < -0.39 is 0 Å². The van der Waals surface area contributed by atoms with E-state index in [1.165, 1.54) is 17.3 Å². The predicted octanol–water partition coefficient (Wildman–Crippen LogP) is 6.48. The number of thioether (sulfide) groups is 1. The summed E-state index contributed by atoms with van der Waals surface area (Å²) >= 11 is 6.79. The molecule has 1 amide bonds. The third kappa shape index (κ3) is 5.46. The predicted molar refractivity (Wildman–Crippen MR) is 140 cm³/mol. The second kappa shape index (κ2) is 10.2. The second-order valence-corrected chi connectivity index (χ2v) is 9.53. The first kappa shape index (κ1) is 23.1. The van der Waals surface area contributed by atoms with E-state index in [-0.39, 0.29) is 5.91 Å². The molecule has 1 aliphatic rings. The van der Waals surface area contributed by atoms with Crippen LogP contribution in [0.15, 0.2) is 71.6 Å². The van der Waals surface area contributed by atoms with Crippen molar-refractivity contribution < 1.29 is 14.3 Å². The van der Waals surface area contributed by atoms with Crippen molar-refractivity contribution in [1.82, 2.24) is 0 Å². The molecular weight excluding hydrogens is 450 g/mol. The molecule has 33 heavy (non-hydrogen) atoms. The Kier molecular flexibility index (Phi) is 7.16. The lowest BCUT2D eigenvalue weighted by atomic mass is 10.1. The first-order chi connectivity index (χ1) is 15.9. The van der Waals surface area contributed by atoms with Crippen LogP contribution in [0, 0.1) is 20.8 Å². The standard InChI is InChI=1S/C27H25NO3S2/c1-18-8-11-22(12-9-18)28-26(29)25(33-27(28)32)17-21-6-4-5-7-24(21)31-15-14-30-23-13-10-19(2)16-20(23)3/h4-13,16-17H,14-15H2,1-3H3. The molecule has 1 heterocycles. The Hall–Kier alpha value is -3.09. The molecular formula is C27H25NO3S2. The molecule has 0 aliphatic carbocycles. The highest BCUT2D eigenvalue weighted by molar-refractivity contribution is 8.27. The van der Waals surface area contributed by atoms with Crippen LogP contribution in [-0.4, -0.2) is 23.4 Å². The third-order valence-corrected chi connectivity index (χ3v) is 6.52. The van der Waals surface area contributed by atoms with Gasteiger partial charge in [-0.05, 0) is 56.7 Å². The van der Waals surface area contributed by atoms with Crippen LogP contribution in [-0.2, 0) is 4.79 Å². The van der Waals surface area contributed by atoms with Crippen molar-refractivity contribution in [3.63, 3.8) is 0 Å². The zero-order valence-electron chi connectivity index (χ0n) is 18.8. The van der Waals surface area contributed by atoms with Gasteiger partial charge in [0, 0.05) is 5.56 Å². The maximum absolute atomic E-state index is 13.1. The van der Waals surface area contributed by atoms with E-state index >= 15 is 0 Å². The van der Waals surface area contributed by atoms with E-state index in [0.717, 1.165) is 28.1 Å². The van der Waals surface area contributed by atoms with Gasteiger partial charge >= 0.3 is 0 Å². The average Bonchev–Trinajstić information content (AvgIpc) is 3.07. The van der Waals surface area contributed by atoms with Crippen LogP contribution < -0.4 is 14.4 Å². The minimum atomic E-state index is -0.123. The number of nitrogens with zero attached hydrogens (tertiary/aromatic N) is 1. The summed E-state index contributed by atoms with van der Waals surface area (Å²) in [5.74, 6) is 1.43. The molecule has 0 bridgehead atoms. The Labute approximate surface area is 204 Å². The Balaban J connectivity index is 1.44. The summed E-state index contributed by atoms with van der Waals surface area (Å²) in [5.41, 5.74) is 5.05. The lowest BCUT2D eigenvalue weighted by Crippen LogP contribution is -2.27. The number of benzene rings is 3. The summed E-state index contributed by atoms with van der Waals surface area (Å²) in [6.07, 6.45) is 1.84. The van der Waals surface area contributed by atoms with Gasteiger partial charge in [-0.25, -0.2) is 0 Å². The first-order valence-corrected chi connectivity index (χ1v) is 11.9. The molecule has 168 valence electrons. The van der Waals surface area contributed by atoms with Gasteiger partial charge in [-0.1, -0.05) is 77.6 Å². The molecule has 4 nitrogen and oxygen atoms in total. The van der Waals surface area contributed by atoms with Crippen LogP contribution >= 0.6 is 24.0 Å². The maximum atomic E-state index is 13.1. The van der Waals surface area contributed by atoms with Crippen molar-refractivity contribution in [3.8, 4) is 11.5 Å². The molecule has 0 aromatic heterocycles. The molecule has 4 rings (SSSR count). The Morgan fingerprint density at radius 2 is 1.55 bits per heavy atom. The molecule has 0 spiro atoms. The second-order valence-electron chi connectivity index (χ2n) is 7.86. The number of ether oxygens (including phenoxy) is 2. The third-order valence-electron chi connectivity index (χ3n) is 5.22. The number of rotatable bonds is 7. The molecule has 0 atom stereocenters. The Morgan fingerprint density at radius 1 is 0.879 bits per heavy atom. The summed E-state index contributed by atoms with van der Waals surface area (Å²) in [7, 11) is 0. The highest BCUT2D eigenvalue weighted by Crippen LogP contribution is 2.37. The monoisotopic (exact) mass is 475 g/mol. The van der Waals surface area contributed by atoms with Gasteiger partial charge in [-0.3, -0.25) is 9.69 Å². The number of aryl methyl sites for hydroxylation is 3. The minimum Gasteiger partial charge on any atom is -0.490 e. The number of hydrogen-bond acceptors (Lipinski definition) is 5. The number of carbonyl (C=O) groups is 1. The van der Waals surface area contributed by atoms with Crippen LogP contribution in [0.1, 0.15) is 22.3 Å². The van der Waals surface area contributed by atoms with Crippen molar-refractivity contribution in [2.75, 3.05) is 18.1 Å². The Bertz CT molecular complexity index is 1220. The largest absolute Gasteiger partial charge is 0.490 e. The molecule has 0 radical (unpaired) electrons. The fourth-order valence-corrected chi connectivity index (χ4v) is 4.81. The van der Waals surface area contributed by atoms with Crippen LogP contribution in [0.2, 0.25) is 0 Å². The maximum Gasteiger partial charge on any atom is 0.270 e. The quantitative estimate of drug-likeness (QED) is 0.222. The van der Waals surface area contributed by atoms with Gasteiger partial charge in [0.15, 0.2) is 4.32 Å². The Morgan fingerprint density at radius 3 is 2.27 bits per heavy atom. The zero-order valence-corrected chi connectivity index (χ0v) is 20.5. The van der Waals surface area contributed by atoms with Gasteiger partial charge in [0.05, 0.1) is 10.6 Å². The molecule has 0 N–H and O–H groups in total. The smallest absolute Gasteiger partial charge is 0.270 e. The van der Waals surface area contributed by atoms with Crippen LogP contribution in [0.25, 0.3) is 6.08 Å². The van der Waals surface area contributed by atoms with E-state index in [4.69, 9.17) is 21.7 Å². The van der Waals surface area contributed by atoms with Crippen molar-refractivity contribution in [2.45, 2.75) is 20.8 Å². The SMILES string of the molecule is Cc1ccc(N2C(=O)C(=Cc3ccccc3OCCOc3ccc(C)cc3C)SC2=S)cc1. The van der Waals surface area contributed by atoms with Crippen LogP contribution in [0.3, 0.4) is 0 Å². The minimum absolute atomic E-state index is 0.123. The molecule has 6 heteroatoms. The molecule has 1 aliphatic heterocycles. The number of hydrogen-bond donors (Lipinski definition) is 0. The van der Waals surface area contributed by atoms with Gasteiger partial charge < -0.3 is 9.47 Å². The molecule has 1 fully saturated rings. The van der Waals surface area contributed by atoms with Crippen molar-refractivity contribution in [3.05, 3.63) is 93.9 Å². The molecule has 0 saturated carbocycles. The van der Waals surface area contributed by atoms with Gasteiger partial charge in [0.25, 0.3) is 5.91 Å². The van der Waals surface area contributed by atoms with E-state index in [0.29, 0.717) is 28.2 Å². The number of amides is 1. The summed E-state index contributed by atoms with van der Waals surface area (Å²) in [4.78, 5) is 15.2. The lowest BCUT2D eigenvalue weighted by Gasteiger charge is -2.14. The molecule has 3 aromatic rings. The molecule has 1 saturated heterocycles. The summed E-state index contributed by atoms with van der Waals surface area (Å²) < 4.78 is 12.4. The lowest BCUT2D eigenvalue weighted by molar-refractivity contribution is -0.113. The van der Waals surface area contributed by atoms with E-state index in [2.05, 4.69) is 13.0 Å². The van der Waals surface area contributed by atoms with Gasteiger partial charge in [-0.15, -0.1) is 0 Å². The highest BCUT2D eigenvalue weighted by Gasteiger charge is 2.33. The van der Waals surface area contributed by atoms with E-state index in [1.54, 1.807) is 4.90 Å². The normalized spacial score (nSPS) is 14.8. The molecule has 3 aromatic carbocycles. The van der Waals surface area contributed by atoms with Crippen LogP contribution in [0.5, 0.6) is 11.5 Å². The van der Waals surface area contributed by atoms with Crippen molar-refractivity contribution in [2.24, 2.45) is 0 Å². The fourth-order valence-electron chi connectivity index (χ4n) is 3.52. The summed E-state index contributed by atoms with van der Waals surface area (Å²) in [6.45, 7) is 6.92.